The molecule has 5 heterocycles. The zero-order valence-corrected chi connectivity index (χ0v) is 54.3. The van der Waals surface area contributed by atoms with Gasteiger partial charge in [0.2, 0.25) is 0 Å². The lowest BCUT2D eigenvalue weighted by molar-refractivity contribution is 1.06. The highest BCUT2D eigenvalue weighted by molar-refractivity contribution is 6.14. The summed E-state index contributed by atoms with van der Waals surface area (Å²) in [7, 11) is 0. The molecule has 0 radical (unpaired) electrons. The number of hydrogen-bond donors (Lipinski definition) is 0. The molecule has 468 valence electrons. The molecular formula is C93H61N7. The molecule has 20 rings (SSSR count). The van der Waals surface area contributed by atoms with Crippen LogP contribution in [0.1, 0.15) is 0 Å². The van der Waals surface area contributed by atoms with Crippen LogP contribution in [0.25, 0.3) is 178 Å². The summed E-state index contributed by atoms with van der Waals surface area (Å²) in [4.78, 5) is 16.4. The van der Waals surface area contributed by atoms with Crippen LogP contribution < -0.4 is 0 Å². The van der Waals surface area contributed by atoms with Crippen molar-refractivity contribution in [1.29, 1.82) is 0 Å². The van der Waals surface area contributed by atoms with Gasteiger partial charge in [-0.1, -0.05) is 291 Å². The van der Waals surface area contributed by atoms with Crippen LogP contribution in [0.2, 0.25) is 0 Å². The van der Waals surface area contributed by atoms with Gasteiger partial charge >= 0.3 is 0 Å². The van der Waals surface area contributed by atoms with E-state index in [1.54, 1.807) is 0 Å². The molecule has 0 aliphatic rings. The van der Waals surface area contributed by atoms with Crippen molar-refractivity contribution in [3.63, 3.8) is 0 Å². The number of fused-ring (bicyclic) bond motifs is 12. The standard InChI is InChI=1S/C57H37N5.C36H24N2/c1-4-20-38(21-5-1)41-30-18-32-47(53(41)61-49-34-14-10-26-43(49)44-27-11-15-35-50(44)61)56-58-55(40-24-8-3-9-25-40)59-57(60-56)48-33-19-31-42(39-22-6-2-7-23-39)54(48)62-51-36-16-12-28-45(51)46-29-13-17-37-52(46)62;1-2-12-25(13-3-1)27-14-4-8-18-32(27)38-35-21-11-7-17-30(35)31-24-26(22-23-36(31)38)37-33-19-9-5-15-28(33)29-16-6-10-20-34(29)37/h1-37H;1-24H. The Morgan fingerprint density at radius 3 is 0.860 bits per heavy atom. The van der Waals surface area contributed by atoms with Crippen molar-refractivity contribution >= 4 is 87.2 Å². The van der Waals surface area contributed by atoms with E-state index in [0.29, 0.717) is 17.5 Å². The maximum atomic E-state index is 5.58. The number of rotatable bonds is 10. The molecule has 0 fully saturated rings. The Morgan fingerprint density at radius 1 is 0.170 bits per heavy atom. The first-order valence-corrected chi connectivity index (χ1v) is 34.0. The average Bonchev–Trinajstić information content (AvgIpc) is 1.58. The molecule has 0 aliphatic carbocycles. The second kappa shape index (κ2) is 24.3. The molecule has 20 aromatic rings. The van der Waals surface area contributed by atoms with Gasteiger partial charge in [0.05, 0.1) is 61.2 Å². The first kappa shape index (κ1) is 57.9. The zero-order chi connectivity index (χ0) is 66.0. The number of hydrogen-bond acceptors (Lipinski definition) is 3. The number of para-hydroxylation sites is 10. The van der Waals surface area contributed by atoms with E-state index in [1.165, 1.54) is 87.7 Å². The molecular weight excluding hydrogens is 1220 g/mol. The Bertz CT molecular complexity index is 6140. The summed E-state index contributed by atoms with van der Waals surface area (Å²) >= 11 is 0. The number of benzene rings is 15. The van der Waals surface area contributed by atoms with Gasteiger partial charge in [-0.3, -0.25) is 0 Å². The average molecular weight is 1280 g/mol. The van der Waals surface area contributed by atoms with Crippen molar-refractivity contribution in [2.45, 2.75) is 0 Å². The minimum absolute atomic E-state index is 0.585. The maximum Gasteiger partial charge on any atom is 0.166 e. The minimum Gasteiger partial charge on any atom is -0.309 e. The predicted molar refractivity (Wildman–Crippen MR) is 416 cm³/mol. The molecule has 0 N–H and O–H groups in total. The van der Waals surface area contributed by atoms with Gasteiger partial charge in [-0.2, -0.15) is 0 Å². The number of aromatic nitrogens is 7. The third kappa shape index (κ3) is 9.62. The summed E-state index contributed by atoms with van der Waals surface area (Å²) < 4.78 is 9.61. The summed E-state index contributed by atoms with van der Waals surface area (Å²) in [5.74, 6) is 1.77. The Balaban J connectivity index is 0.000000156. The van der Waals surface area contributed by atoms with Gasteiger partial charge in [0, 0.05) is 82.2 Å². The van der Waals surface area contributed by atoms with Gasteiger partial charge in [-0.15, -0.1) is 0 Å². The molecule has 0 unspecified atom stereocenters. The molecule has 0 saturated heterocycles. The van der Waals surface area contributed by atoms with E-state index < -0.39 is 0 Å². The van der Waals surface area contributed by atoms with Crippen molar-refractivity contribution in [3.05, 3.63) is 370 Å². The third-order valence-electron chi connectivity index (χ3n) is 19.7. The van der Waals surface area contributed by atoms with E-state index in [0.717, 1.165) is 72.4 Å². The van der Waals surface area contributed by atoms with Crippen LogP contribution in [0.3, 0.4) is 0 Å². The topological polar surface area (TPSA) is 58.4 Å². The highest BCUT2D eigenvalue weighted by Gasteiger charge is 2.26. The minimum atomic E-state index is 0.585. The molecule has 15 aromatic carbocycles. The van der Waals surface area contributed by atoms with Gasteiger partial charge in [-0.25, -0.2) is 15.0 Å². The van der Waals surface area contributed by atoms with Gasteiger partial charge in [-0.05, 0) is 95.6 Å². The zero-order valence-electron chi connectivity index (χ0n) is 54.3. The van der Waals surface area contributed by atoms with E-state index in [4.69, 9.17) is 15.0 Å². The summed E-state index contributed by atoms with van der Waals surface area (Å²) in [5, 5.41) is 9.82. The first-order valence-electron chi connectivity index (χ1n) is 34.0. The van der Waals surface area contributed by atoms with Gasteiger partial charge < -0.3 is 18.3 Å². The van der Waals surface area contributed by atoms with Crippen LogP contribution in [-0.2, 0) is 0 Å². The van der Waals surface area contributed by atoms with Gasteiger partial charge in [0.15, 0.2) is 17.5 Å². The molecule has 5 aromatic heterocycles. The van der Waals surface area contributed by atoms with Crippen molar-refractivity contribution < 1.29 is 0 Å². The largest absolute Gasteiger partial charge is 0.309 e. The van der Waals surface area contributed by atoms with Crippen molar-refractivity contribution in [1.82, 2.24) is 33.2 Å². The van der Waals surface area contributed by atoms with Crippen LogP contribution in [-0.4, -0.2) is 33.2 Å². The van der Waals surface area contributed by atoms with Crippen molar-refractivity contribution in [3.8, 4) is 90.3 Å². The van der Waals surface area contributed by atoms with Gasteiger partial charge in [0.1, 0.15) is 0 Å². The van der Waals surface area contributed by atoms with E-state index in [2.05, 4.69) is 370 Å². The Morgan fingerprint density at radius 2 is 0.450 bits per heavy atom. The Hall–Kier alpha value is -13.5. The van der Waals surface area contributed by atoms with E-state index in [-0.39, 0.29) is 0 Å². The smallest absolute Gasteiger partial charge is 0.166 e. The third-order valence-corrected chi connectivity index (χ3v) is 19.7. The fourth-order valence-corrected chi connectivity index (χ4v) is 15.4. The predicted octanol–water partition coefficient (Wildman–Crippen LogP) is 23.9. The maximum absolute atomic E-state index is 5.58. The summed E-state index contributed by atoms with van der Waals surface area (Å²) in [6, 6.07) is 132. The van der Waals surface area contributed by atoms with Crippen LogP contribution >= 0.6 is 0 Å². The van der Waals surface area contributed by atoms with Crippen molar-refractivity contribution in [2.75, 3.05) is 0 Å². The molecule has 0 bridgehead atoms. The van der Waals surface area contributed by atoms with Crippen molar-refractivity contribution in [2.24, 2.45) is 0 Å². The summed E-state index contributed by atoms with van der Waals surface area (Å²) in [6.07, 6.45) is 0. The molecule has 0 aliphatic heterocycles. The monoisotopic (exact) mass is 1280 g/mol. The highest BCUT2D eigenvalue weighted by Crippen LogP contribution is 2.45. The fraction of sp³-hybridized carbons (Fsp3) is 0. The van der Waals surface area contributed by atoms with Crippen LogP contribution in [0, 0.1) is 0 Å². The van der Waals surface area contributed by atoms with Crippen LogP contribution in [0.5, 0.6) is 0 Å². The van der Waals surface area contributed by atoms with E-state index in [1.807, 2.05) is 18.2 Å². The highest BCUT2D eigenvalue weighted by atomic mass is 15.1. The Labute approximate surface area is 577 Å². The lowest BCUT2D eigenvalue weighted by Crippen LogP contribution is -2.07. The quantitative estimate of drug-likeness (QED) is 0.137. The SMILES string of the molecule is c1ccc(-c2ccccc2-n2c3ccccc3c3cc(-n4c5ccccc5c5ccccc54)ccc32)cc1.c1ccc(-c2nc(-c3cccc(-c4ccccc4)c3-n3c4ccccc4c4ccccc43)nc(-c3cccc(-c4ccccc4)c3-n3c4ccccc4c4ccccc43)n2)cc1. The molecule has 7 nitrogen and oxygen atoms in total. The van der Waals surface area contributed by atoms with Gasteiger partial charge in [0.25, 0.3) is 0 Å². The van der Waals surface area contributed by atoms with Crippen LogP contribution in [0.15, 0.2) is 370 Å². The number of nitrogens with zero attached hydrogens (tertiary/aromatic N) is 7. The van der Waals surface area contributed by atoms with E-state index >= 15 is 0 Å². The molecule has 7 heteroatoms. The van der Waals surface area contributed by atoms with Crippen LogP contribution in [0.4, 0.5) is 0 Å². The lowest BCUT2D eigenvalue weighted by Gasteiger charge is -2.20. The second-order valence-corrected chi connectivity index (χ2v) is 25.4. The summed E-state index contributed by atoms with van der Waals surface area (Å²) in [6.45, 7) is 0. The first-order chi connectivity index (χ1) is 49.7. The normalized spacial score (nSPS) is 11.6. The fourth-order valence-electron chi connectivity index (χ4n) is 15.4. The Kier molecular flexibility index (Phi) is 14.1. The second-order valence-electron chi connectivity index (χ2n) is 25.4. The summed E-state index contributed by atoms with van der Waals surface area (Å²) in [5.41, 5.74) is 23.2. The molecule has 0 atom stereocenters. The molecule has 0 saturated carbocycles. The molecule has 100 heavy (non-hydrogen) atoms. The lowest BCUT2D eigenvalue weighted by atomic mass is 9.98. The molecule has 0 spiro atoms. The molecule has 0 amide bonds. The van der Waals surface area contributed by atoms with E-state index in [9.17, 15) is 0 Å².